The van der Waals surface area contributed by atoms with Crippen LogP contribution in [0, 0.1) is 12.3 Å². The number of benzene rings is 1. The smallest absolute Gasteiger partial charge is 0.246 e. The lowest BCUT2D eigenvalue weighted by Crippen LogP contribution is -2.57. The molecule has 1 aliphatic rings. The summed E-state index contributed by atoms with van der Waals surface area (Å²) in [5.74, 6) is -1.03. The summed E-state index contributed by atoms with van der Waals surface area (Å²) in [7, 11) is 1.57. The van der Waals surface area contributed by atoms with Crippen LogP contribution in [0.15, 0.2) is 54.3 Å². The number of methoxy groups -OCH3 is 1. The summed E-state index contributed by atoms with van der Waals surface area (Å²) in [4.78, 5) is 81.7. The maximum absolute atomic E-state index is 14.0. The van der Waals surface area contributed by atoms with Crippen molar-refractivity contribution in [2.24, 2.45) is 5.41 Å². The Balaban J connectivity index is 0.776. The fourth-order valence-corrected chi connectivity index (χ4v) is 9.71. The van der Waals surface area contributed by atoms with Crippen molar-refractivity contribution in [1.82, 2.24) is 40.1 Å². The topological polar surface area (TPSA) is 244 Å². The molecule has 0 bridgehead atoms. The lowest BCUT2D eigenvalue weighted by Gasteiger charge is -2.35. The molecule has 4 aromatic heterocycles. The zero-order valence-corrected chi connectivity index (χ0v) is 46.8. The molecule has 6 rings (SSSR count). The number of aliphatic hydroxyl groups is 1. The van der Waals surface area contributed by atoms with E-state index in [1.54, 1.807) is 46.8 Å². The van der Waals surface area contributed by atoms with Crippen LogP contribution in [0.4, 0.5) is 0 Å². The average molecular weight is 1130 g/mol. The number of carbonyl (C=O) groups is 5. The van der Waals surface area contributed by atoms with E-state index in [0.717, 1.165) is 21.7 Å². The largest absolute Gasteiger partial charge is 0.477 e. The number of ether oxygens (including phenoxy) is 6. The van der Waals surface area contributed by atoms with E-state index in [0.29, 0.717) is 60.3 Å². The standard InChI is InChI=1S/C54H70Cl2N8O12S/c1-34-49(77-33-60-34)37-11-9-36(10-12-37)29-58-51(69)44-27-43(67)32-63(44)53(70)50(54(3,4)5)61-47(68)14-17-73-19-21-75-23-22-74-20-18-72-16-13-41(65)8-7-15-76-52-38(24-40(55)31-59-52)25-42(66)26-39-30-57-46-28-45(56)62-64(46)48(39)35(2)71-6/h9-12,24,28,30-31,33,35,43-44,50,67H,7-8,13-23,25-27,29,32H2,1-6H3,(H,58,69)(H,61,68)/t35-,43+,44-,50+/m0/s1. The quantitative estimate of drug-likeness (QED) is 0.0400. The SMILES string of the molecule is CO[C@@H](C)c1c(CC(=O)Cc2cc(Cl)cnc2OCCCC(=O)CCOCCOCCOCCOCCC(=O)N[C@H](C(=O)N2C[C@H](O)C[C@H]2C(=O)NCc2ccc(-c3scnc3C)cc2)C(C)(C)C)cnc2cc(Cl)nn12. The first-order valence-corrected chi connectivity index (χ1v) is 27.3. The monoisotopic (exact) mass is 1120 g/mol. The van der Waals surface area contributed by atoms with Crippen molar-refractivity contribution < 1.29 is 57.5 Å². The number of nitrogens with one attached hydrogen (secondary N) is 2. The average Bonchev–Trinajstić information content (AvgIpc) is 4.13. The number of rotatable bonds is 32. The molecule has 1 aromatic carbocycles. The van der Waals surface area contributed by atoms with E-state index >= 15 is 0 Å². The Bertz CT molecular complexity index is 2750. The Morgan fingerprint density at radius 2 is 1.49 bits per heavy atom. The van der Waals surface area contributed by atoms with E-state index in [1.807, 2.05) is 58.9 Å². The van der Waals surface area contributed by atoms with E-state index in [4.69, 9.17) is 51.6 Å². The van der Waals surface area contributed by atoms with Crippen molar-refractivity contribution in [3.63, 3.8) is 0 Å². The number of Topliss-reactive ketones (excluding diaryl/α,β-unsaturated/α-hetero) is 2. The van der Waals surface area contributed by atoms with Crippen molar-refractivity contribution >= 4 is 69.5 Å². The lowest BCUT2D eigenvalue weighted by molar-refractivity contribution is -0.144. The summed E-state index contributed by atoms with van der Waals surface area (Å²) >= 11 is 13.9. The van der Waals surface area contributed by atoms with Crippen LogP contribution in [0.3, 0.4) is 0 Å². The minimum Gasteiger partial charge on any atom is -0.477 e. The van der Waals surface area contributed by atoms with E-state index in [2.05, 4.69) is 30.7 Å². The van der Waals surface area contributed by atoms with Crippen LogP contribution >= 0.6 is 34.5 Å². The number of β-amino-alcohol motifs (C(OH)–C–C–N with tert-alkyl or cyclic N) is 1. The summed E-state index contributed by atoms with van der Waals surface area (Å²) in [6.45, 7) is 11.9. The summed E-state index contributed by atoms with van der Waals surface area (Å²) in [6, 6.07) is 9.28. The molecule has 0 aliphatic carbocycles. The number of nitrogens with zero attached hydrogens (tertiary/aromatic N) is 6. The number of amides is 3. The van der Waals surface area contributed by atoms with Gasteiger partial charge in [0, 0.05) is 88.3 Å². The van der Waals surface area contributed by atoms with Gasteiger partial charge in [0.15, 0.2) is 10.8 Å². The molecule has 3 N–H and O–H groups in total. The maximum Gasteiger partial charge on any atom is 0.246 e. The molecule has 20 nitrogen and oxygen atoms in total. The third-order valence-corrected chi connectivity index (χ3v) is 14.0. The molecule has 1 saturated heterocycles. The molecule has 0 radical (unpaired) electrons. The molecule has 4 atom stereocenters. The van der Waals surface area contributed by atoms with Gasteiger partial charge in [0.2, 0.25) is 23.6 Å². The number of aliphatic hydroxyl groups excluding tert-OH is 1. The number of fused-ring (bicyclic) bond motifs is 1. The van der Waals surface area contributed by atoms with Gasteiger partial charge < -0.3 is 49.1 Å². The zero-order valence-electron chi connectivity index (χ0n) is 44.5. The van der Waals surface area contributed by atoms with Crippen LogP contribution in [-0.2, 0) is 67.0 Å². The van der Waals surface area contributed by atoms with Crippen LogP contribution in [-0.4, -0.2) is 155 Å². The summed E-state index contributed by atoms with van der Waals surface area (Å²) in [6.07, 6.45) is 2.94. The normalized spacial score (nSPS) is 15.4. The van der Waals surface area contributed by atoms with Crippen LogP contribution in [0.1, 0.15) is 94.0 Å². The number of thiazole rings is 1. The van der Waals surface area contributed by atoms with Crippen molar-refractivity contribution in [2.75, 3.05) is 73.1 Å². The highest BCUT2D eigenvalue weighted by molar-refractivity contribution is 7.13. The first kappa shape index (κ1) is 60.7. The van der Waals surface area contributed by atoms with Crippen LogP contribution < -0.4 is 15.4 Å². The van der Waals surface area contributed by atoms with Crippen molar-refractivity contribution in [3.8, 4) is 16.3 Å². The van der Waals surface area contributed by atoms with E-state index < -0.39 is 29.5 Å². The van der Waals surface area contributed by atoms with Crippen LogP contribution in [0.25, 0.3) is 16.1 Å². The summed E-state index contributed by atoms with van der Waals surface area (Å²) < 4.78 is 35.3. The first-order chi connectivity index (χ1) is 36.9. The number of aromatic nitrogens is 5. The second-order valence-electron chi connectivity index (χ2n) is 19.7. The molecular weight excluding hydrogens is 1060 g/mol. The highest BCUT2D eigenvalue weighted by atomic mass is 35.5. The molecule has 1 aliphatic heterocycles. The van der Waals surface area contributed by atoms with Gasteiger partial charge in [0.25, 0.3) is 0 Å². The molecule has 0 unspecified atom stereocenters. The maximum atomic E-state index is 14.0. The van der Waals surface area contributed by atoms with Crippen molar-refractivity contribution in [1.29, 1.82) is 0 Å². The zero-order chi connectivity index (χ0) is 55.5. The fourth-order valence-electron chi connectivity index (χ4n) is 8.54. The number of pyridine rings is 1. The third kappa shape index (κ3) is 18.6. The summed E-state index contributed by atoms with van der Waals surface area (Å²) in [5.41, 5.74) is 6.39. The first-order valence-electron chi connectivity index (χ1n) is 25.6. The molecule has 5 aromatic rings. The van der Waals surface area contributed by atoms with Gasteiger partial charge in [-0.15, -0.1) is 11.3 Å². The second-order valence-corrected chi connectivity index (χ2v) is 21.4. The minimum absolute atomic E-state index is 0.00422. The van der Waals surface area contributed by atoms with Gasteiger partial charge in [-0.05, 0) is 42.9 Å². The van der Waals surface area contributed by atoms with Gasteiger partial charge in [0.1, 0.15) is 23.7 Å². The molecular formula is C54H70Cl2N8O12S. The number of hydrogen-bond donors (Lipinski definition) is 3. The Morgan fingerprint density at radius 1 is 0.831 bits per heavy atom. The highest BCUT2D eigenvalue weighted by Gasteiger charge is 2.44. The molecule has 418 valence electrons. The molecule has 5 heterocycles. The Labute approximate surface area is 462 Å². The number of halogens is 2. The third-order valence-electron chi connectivity index (χ3n) is 12.6. The van der Waals surface area contributed by atoms with Gasteiger partial charge in [0.05, 0.1) is 98.5 Å². The minimum atomic E-state index is -0.948. The van der Waals surface area contributed by atoms with E-state index in [-0.39, 0.29) is 125 Å². The molecule has 23 heteroatoms. The molecule has 3 amide bonds. The van der Waals surface area contributed by atoms with Gasteiger partial charge in [-0.3, -0.25) is 24.0 Å². The fraction of sp³-hybridized carbons (Fsp3) is 0.537. The Hall–Kier alpha value is -5.49. The Kier molecular flexibility index (Phi) is 23.7. The van der Waals surface area contributed by atoms with Crippen molar-refractivity contribution in [2.45, 2.75) is 110 Å². The van der Waals surface area contributed by atoms with Gasteiger partial charge in [-0.2, -0.15) is 5.10 Å². The van der Waals surface area contributed by atoms with E-state index in [9.17, 15) is 29.1 Å². The lowest BCUT2D eigenvalue weighted by atomic mass is 9.85. The van der Waals surface area contributed by atoms with E-state index in [1.165, 1.54) is 11.1 Å². The predicted octanol–water partition coefficient (Wildman–Crippen LogP) is 6.31. The second kappa shape index (κ2) is 30.0. The number of ketones is 2. The Morgan fingerprint density at radius 3 is 2.14 bits per heavy atom. The predicted molar refractivity (Wildman–Crippen MR) is 289 cm³/mol. The van der Waals surface area contributed by atoms with Gasteiger partial charge in [-0.1, -0.05) is 68.2 Å². The molecule has 0 spiro atoms. The van der Waals surface area contributed by atoms with Crippen molar-refractivity contribution in [3.05, 3.63) is 92.6 Å². The van der Waals surface area contributed by atoms with Gasteiger partial charge in [-0.25, -0.2) is 19.5 Å². The van der Waals surface area contributed by atoms with Crippen LogP contribution in [0.2, 0.25) is 10.2 Å². The number of carbonyl (C=O) groups excluding carboxylic acids is 5. The number of aryl methyl sites for hydroxylation is 1. The highest BCUT2D eigenvalue weighted by Crippen LogP contribution is 2.30. The molecule has 77 heavy (non-hydrogen) atoms. The summed E-state index contributed by atoms with van der Waals surface area (Å²) in [5, 5.41) is 21.3. The molecule has 1 fully saturated rings. The molecule has 0 saturated carbocycles. The van der Waals surface area contributed by atoms with Crippen LogP contribution in [0.5, 0.6) is 5.88 Å². The number of hydrogen-bond acceptors (Lipinski definition) is 17. The van der Waals surface area contributed by atoms with Gasteiger partial charge >= 0.3 is 0 Å². The number of likely N-dealkylation sites (tertiary alicyclic amines) is 1.